The van der Waals surface area contributed by atoms with Gasteiger partial charge in [-0.05, 0) is 0 Å². The van der Waals surface area contributed by atoms with Crippen molar-refractivity contribution < 1.29 is 4.79 Å². The van der Waals surface area contributed by atoms with Gasteiger partial charge in [0, 0.05) is 6.92 Å². The van der Waals surface area contributed by atoms with Crippen molar-refractivity contribution in [3.63, 3.8) is 0 Å². The first-order chi connectivity index (χ1) is 1.41. The first kappa shape index (κ1) is 8.86. The normalized spacial score (nSPS) is 3.25. The van der Waals surface area contributed by atoms with Gasteiger partial charge >= 0.3 is 18.9 Å². The summed E-state index contributed by atoms with van der Waals surface area (Å²) in [5, 5.41) is 0. The van der Waals surface area contributed by atoms with E-state index in [-0.39, 0.29) is 18.9 Å². The fourth-order valence-corrected chi connectivity index (χ4v) is 0. The van der Waals surface area contributed by atoms with Crippen molar-refractivity contribution in [3.8, 4) is 0 Å². The van der Waals surface area contributed by atoms with Crippen molar-refractivity contribution in [1.29, 1.82) is 0 Å². The minimum atomic E-state index is 0. The van der Waals surface area contributed by atoms with Gasteiger partial charge in [0.15, 0.2) is 6.29 Å². The Morgan fingerprint density at radius 2 is 1.75 bits per heavy atom. The summed E-state index contributed by atoms with van der Waals surface area (Å²) in [6, 6.07) is 0. The Morgan fingerprint density at radius 1 is 1.75 bits per heavy atom. The van der Waals surface area contributed by atoms with Crippen LogP contribution in [0.2, 0.25) is 0 Å². The Bertz CT molecular complexity index is 13.5. The van der Waals surface area contributed by atoms with E-state index in [0.29, 0.717) is 0 Å². The van der Waals surface area contributed by atoms with Crippen LogP contribution >= 0.6 is 0 Å². The number of hydrogen-bond donors (Lipinski definition) is 0. The fraction of sp³-hybridized carbons (Fsp3) is 0.500. The number of rotatable bonds is 0. The molecule has 0 aliphatic heterocycles. The third-order valence-electron chi connectivity index (χ3n) is 0. The second kappa shape index (κ2) is 10.5. The summed E-state index contributed by atoms with van der Waals surface area (Å²) in [5.74, 6) is 0. The quantitative estimate of drug-likeness (QED) is 0.338. The monoisotopic (exact) mass is 51.0 g/mol. The molecule has 0 spiro atoms. The maximum absolute atomic E-state index is 8.68. The Balaban J connectivity index is 0. The van der Waals surface area contributed by atoms with Gasteiger partial charge in [-0.15, -0.1) is 0 Å². The Labute approximate surface area is 37.6 Å². The van der Waals surface area contributed by atoms with Crippen LogP contribution in [0.5, 0.6) is 0 Å². The molecule has 4 heavy (non-hydrogen) atoms. The van der Waals surface area contributed by atoms with Crippen LogP contribution in [-0.2, 0) is 4.79 Å². The summed E-state index contributed by atoms with van der Waals surface area (Å²) >= 11 is 0. The molecule has 0 saturated heterocycles. The minimum absolute atomic E-state index is 0. The van der Waals surface area contributed by atoms with Gasteiger partial charge in [0.2, 0.25) is 0 Å². The van der Waals surface area contributed by atoms with E-state index < -0.39 is 0 Å². The molecule has 19 valence electrons. The van der Waals surface area contributed by atoms with E-state index in [0.717, 1.165) is 0 Å². The summed E-state index contributed by atoms with van der Waals surface area (Å²) < 4.78 is 0. The van der Waals surface area contributed by atoms with E-state index in [4.69, 9.17) is 4.79 Å². The van der Waals surface area contributed by atoms with E-state index in [1.165, 1.54) is 13.2 Å². The van der Waals surface area contributed by atoms with Crippen molar-refractivity contribution >= 4 is 25.1 Å². The van der Waals surface area contributed by atoms with Gasteiger partial charge in [0.05, 0.1) is 0 Å². The van der Waals surface area contributed by atoms with Gasteiger partial charge in [-0.25, -0.2) is 0 Å². The topological polar surface area (TPSA) is 17.1 Å². The molecule has 0 amide bonds. The molecule has 0 saturated carbocycles. The zero-order valence-electron chi connectivity index (χ0n) is 1.91. The summed E-state index contributed by atoms with van der Waals surface area (Å²) in [6.45, 7) is 1.32. The van der Waals surface area contributed by atoms with E-state index in [2.05, 4.69) is 0 Å². The molecule has 0 bridgehead atoms. The van der Waals surface area contributed by atoms with Crippen LogP contribution in [0, 0.1) is 0 Å². The molecule has 0 atom stereocenters. The summed E-state index contributed by atoms with van der Waals surface area (Å²) in [4.78, 5) is 8.68. The molecule has 0 unspecified atom stereocenters. The van der Waals surface area contributed by atoms with Gasteiger partial charge in [-0.2, -0.15) is 0 Å². The predicted molar refractivity (Wildman–Crippen MR) is 18.5 cm³/mol. The molecule has 0 aliphatic rings. The van der Waals surface area contributed by atoms with E-state index in [1.807, 2.05) is 0 Å². The Hall–Kier alpha value is 0.267. The Morgan fingerprint density at radius 3 is 1.75 bits per heavy atom. The average molecular weight is 51.0 g/mol. The van der Waals surface area contributed by atoms with Crippen LogP contribution in [-0.4, -0.2) is 25.1 Å². The molecule has 0 aliphatic carbocycles. The summed E-state index contributed by atoms with van der Waals surface area (Å²) in [7, 11) is 0. The van der Waals surface area contributed by atoms with Gasteiger partial charge in [0.25, 0.3) is 0 Å². The molecule has 1 nitrogen and oxygen atoms in total. The van der Waals surface area contributed by atoms with Crippen LogP contribution in [0.25, 0.3) is 0 Å². The maximum atomic E-state index is 8.68. The zero-order valence-corrected chi connectivity index (χ0v) is 1.91. The zero-order chi connectivity index (χ0) is 2.71. The molecule has 2 heteroatoms. The molecular weight excluding hydrogens is 47.0 g/mol. The van der Waals surface area contributed by atoms with E-state index in [9.17, 15) is 0 Å². The van der Waals surface area contributed by atoms with Gasteiger partial charge in [0.1, 0.15) is 0 Å². The van der Waals surface area contributed by atoms with Crippen LogP contribution in [0.1, 0.15) is 6.92 Å². The summed E-state index contributed by atoms with van der Waals surface area (Å²) in [5.41, 5.74) is 0. The van der Waals surface area contributed by atoms with Crippen molar-refractivity contribution in [2.24, 2.45) is 0 Å². The van der Waals surface area contributed by atoms with Crippen molar-refractivity contribution in [2.75, 3.05) is 0 Å². The first-order valence-corrected chi connectivity index (χ1v) is 0.704. The van der Waals surface area contributed by atoms with Gasteiger partial charge in [-0.3, -0.25) is 4.79 Å². The molecule has 0 aromatic carbocycles. The van der Waals surface area contributed by atoms with Gasteiger partial charge < -0.3 is 0 Å². The summed E-state index contributed by atoms with van der Waals surface area (Å²) in [6.07, 6.45) is 1.50. The van der Waals surface area contributed by atoms with Crippen LogP contribution < -0.4 is 0 Å². The molecule has 0 aromatic rings. The van der Waals surface area contributed by atoms with Gasteiger partial charge in [-0.1, -0.05) is 0 Å². The first-order valence-electron chi connectivity index (χ1n) is 0.704. The standard InChI is InChI=1S/C2H3O.Li.H/c1-2-3;;/h1H3;;. The molecule has 0 rings (SSSR count). The fourth-order valence-electron chi connectivity index (χ4n) is 0. The molecule has 0 N–H and O–H groups in total. The molecule has 0 fully saturated rings. The van der Waals surface area contributed by atoms with Crippen LogP contribution in [0.15, 0.2) is 0 Å². The number of carbonyl (C=O) groups excluding carboxylic acids is 1. The molecular formula is C2H4LiO. The molecule has 0 aromatic heterocycles. The van der Waals surface area contributed by atoms with E-state index in [1.54, 1.807) is 0 Å². The average Bonchev–Trinajstić information content (AvgIpc) is 0.918. The third kappa shape index (κ3) is 50.9. The van der Waals surface area contributed by atoms with Crippen molar-refractivity contribution in [1.82, 2.24) is 0 Å². The number of hydrogen-bond acceptors (Lipinski definition) is 1. The van der Waals surface area contributed by atoms with Crippen LogP contribution in [0.4, 0.5) is 0 Å². The predicted octanol–water partition coefficient (Wildman–Crippen LogP) is -0.532. The molecule has 0 heterocycles. The van der Waals surface area contributed by atoms with Crippen molar-refractivity contribution in [2.45, 2.75) is 6.92 Å². The van der Waals surface area contributed by atoms with Crippen molar-refractivity contribution in [3.05, 3.63) is 0 Å². The second-order valence-electron chi connectivity index (χ2n) is 0.204. The van der Waals surface area contributed by atoms with Crippen LogP contribution in [0.3, 0.4) is 0 Å². The molecule has 1 radical (unpaired) electrons. The Kier molecular flexibility index (Phi) is 23.2. The second-order valence-corrected chi connectivity index (χ2v) is 0.204. The SMILES string of the molecule is C[C]=O.[LiH]. The van der Waals surface area contributed by atoms with E-state index >= 15 is 0 Å². The third-order valence-corrected chi connectivity index (χ3v) is 0.